The number of hydrogen-bond donors (Lipinski definition) is 1. The van der Waals surface area contributed by atoms with Crippen LogP contribution in [0.3, 0.4) is 0 Å². The molecule has 8 nitrogen and oxygen atoms in total. The van der Waals surface area contributed by atoms with Crippen molar-refractivity contribution >= 4 is 34.6 Å². The number of carbonyl (C=O) groups excluding carboxylic acids is 1. The molecule has 2 aliphatic heterocycles. The molecule has 2 unspecified atom stereocenters. The molecule has 0 spiro atoms. The maximum Gasteiger partial charge on any atom is 0.352 e. The molecule has 1 N–H and O–H groups in total. The zero-order valence-corrected chi connectivity index (χ0v) is 18.1. The maximum atomic E-state index is 12.7. The van der Waals surface area contributed by atoms with E-state index in [0.717, 1.165) is 10.9 Å². The maximum absolute atomic E-state index is 12.7. The van der Waals surface area contributed by atoms with Crippen molar-refractivity contribution in [1.82, 2.24) is 4.90 Å². The molecular formula is C24H19NO7S. The van der Waals surface area contributed by atoms with Crippen LogP contribution in [0.4, 0.5) is 0 Å². The number of ether oxygens (including phenoxy) is 2. The summed E-state index contributed by atoms with van der Waals surface area (Å²) in [5.41, 5.74) is 1.29. The van der Waals surface area contributed by atoms with Crippen LogP contribution in [0, 0.1) is 0 Å². The third-order valence-corrected chi connectivity index (χ3v) is 6.80. The first kappa shape index (κ1) is 21.3. The van der Waals surface area contributed by atoms with E-state index in [1.807, 2.05) is 30.3 Å². The van der Waals surface area contributed by atoms with Gasteiger partial charge in [-0.05, 0) is 23.8 Å². The lowest BCUT2D eigenvalue weighted by Gasteiger charge is -2.48. The van der Waals surface area contributed by atoms with Gasteiger partial charge in [0.2, 0.25) is 0 Å². The van der Waals surface area contributed by atoms with Gasteiger partial charge in [0.05, 0.1) is 6.61 Å². The van der Waals surface area contributed by atoms with Crippen LogP contribution in [0.2, 0.25) is 0 Å². The summed E-state index contributed by atoms with van der Waals surface area (Å²) in [4.78, 5) is 37.5. The molecule has 1 amide bonds. The summed E-state index contributed by atoms with van der Waals surface area (Å²) in [6.07, 6.45) is -0.685. The Hall–Kier alpha value is -3.56. The predicted octanol–water partition coefficient (Wildman–Crippen LogP) is 3.01. The molecule has 168 valence electrons. The quantitative estimate of drug-likeness (QED) is 0.419. The van der Waals surface area contributed by atoms with Crippen molar-refractivity contribution in [1.29, 1.82) is 0 Å². The molecule has 9 heteroatoms. The van der Waals surface area contributed by atoms with Crippen molar-refractivity contribution < 1.29 is 28.6 Å². The van der Waals surface area contributed by atoms with Crippen LogP contribution in [0.1, 0.15) is 5.56 Å². The predicted molar refractivity (Wildman–Crippen MR) is 121 cm³/mol. The van der Waals surface area contributed by atoms with E-state index in [1.165, 1.54) is 22.7 Å². The summed E-state index contributed by atoms with van der Waals surface area (Å²) in [5, 5.41) is 10.2. The fraction of sp³-hybridized carbons (Fsp3) is 0.208. The standard InChI is InChI=1S/C24H19NO7S/c26-19-9-7-15-6-8-17(10-18(15)32-19)30-12-16-13-33-23-21(22(27)25(23)20(16)24(28)29)31-11-14-4-2-1-3-5-14/h1-10,21,23H,11-13H2,(H,28,29). The van der Waals surface area contributed by atoms with E-state index in [9.17, 15) is 19.5 Å². The van der Waals surface area contributed by atoms with Gasteiger partial charge in [-0.1, -0.05) is 30.3 Å². The van der Waals surface area contributed by atoms with Gasteiger partial charge in [0.25, 0.3) is 5.91 Å². The van der Waals surface area contributed by atoms with Crippen LogP contribution in [0.25, 0.3) is 11.0 Å². The minimum absolute atomic E-state index is 0.0107. The van der Waals surface area contributed by atoms with Gasteiger partial charge < -0.3 is 19.0 Å². The third kappa shape index (κ3) is 4.12. The summed E-state index contributed by atoms with van der Waals surface area (Å²) >= 11 is 1.45. The fourth-order valence-corrected chi connectivity index (χ4v) is 5.16. The number of rotatable bonds is 7. The number of hydrogen-bond acceptors (Lipinski definition) is 7. The molecule has 0 radical (unpaired) electrons. The summed E-state index contributed by atoms with van der Waals surface area (Å²) in [7, 11) is 0. The molecule has 2 aliphatic rings. The van der Waals surface area contributed by atoms with E-state index >= 15 is 0 Å². The van der Waals surface area contributed by atoms with Crippen molar-refractivity contribution in [2.45, 2.75) is 18.1 Å². The molecule has 33 heavy (non-hydrogen) atoms. The normalized spacial score (nSPS) is 19.9. The topological polar surface area (TPSA) is 106 Å². The highest BCUT2D eigenvalue weighted by molar-refractivity contribution is 8.00. The number of thioether (sulfide) groups is 1. The number of carboxylic acid groups (broad SMARTS) is 1. The van der Waals surface area contributed by atoms with Gasteiger partial charge >= 0.3 is 11.6 Å². The van der Waals surface area contributed by atoms with E-state index in [1.54, 1.807) is 24.3 Å². The van der Waals surface area contributed by atoms with Crippen molar-refractivity contribution in [3.05, 3.63) is 87.9 Å². The van der Waals surface area contributed by atoms with Gasteiger partial charge in [-0.25, -0.2) is 9.59 Å². The Morgan fingerprint density at radius 1 is 1.09 bits per heavy atom. The summed E-state index contributed by atoms with van der Waals surface area (Å²) < 4.78 is 16.7. The lowest BCUT2D eigenvalue weighted by atomic mass is 10.1. The second kappa shape index (κ2) is 8.76. The number of amides is 1. The Kier molecular flexibility index (Phi) is 5.65. The van der Waals surface area contributed by atoms with Crippen LogP contribution in [0.5, 0.6) is 5.75 Å². The van der Waals surface area contributed by atoms with Crippen LogP contribution in [0.15, 0.2) is 81.1 Å². The Morgan fingerprint density at radius 2 is 1.88 bits per heavy atom. The number of carboxylic acids is 1. The monoisotopic (exact) mass is 465 g/mol. The van der Waals surface area contributed by atoms with Crippen LogP contribution < -0.4 is 10.4 Å². The molecule has 2 atom stereocenters. The van der Waals surface area contributed by atoms with Crippen molar-refractivity contribution in [2.75, 3.05) is 12.4 Å². The number of benzene rings is 2. The number of nitrogens with zero attached hydrogens (tertiary/aromatic N) is 1. The fourth-order valence-electron chi connectivity index (χ4n) is 3.84. The Balaban J connectivity index is 1.30. The summed E-state index contributed by atoms with van der Waals surface area (Å²) in [5.74, 6) is -0.728. The SMILES string of the molecule is O=C(O)C1=C(COc2ccc3ccc(=O)oc3c2)CSC2C(OCc3ccccc3)C(=O)N12. The Labute approximate surface area is 192 Å². The Morgan fingerprint density at radius 3 is 2.67 bits per heavy atom. The van der Waals surface area contributed by atoms with Gasteiger partial charge in [0, 0.05) is 28.8 Å². The molecule has 5 rings (SSSR count). The average Bonchev–Trinajstić information content (AvgIpc) is 2.82. The number of fused-ring (bicyclic) bond motifs is 2. The number of aliphatic carboxylic acids is 1. The highest BCUT2D eigenvalue weighted by Gasteiger charge is 2.54. The zero-order chi connectivity index (χ0) is 22.9. The molecular weight excluding hydrogens is 446 g/mol. The van der Waals surface area contributed by atoms with E-state index in [0.29, 0.717) is 22.7 Å². The second-order valence-corrected chi connectivity index (χ2v) is 8.73. The molecule has 3 aromatic rings. The first-order valence-corrected chi connectivity index (χ1v) is 11.3. The van der Waals surface area contributed by atoms with E-state index in [-0.39, 0.29) is 30.2 Å². The molecule has 1 saturated heterocycles. The number of β-lactam (4-membered cyclic amide) rings is 1. The highest BCUT2D eigenvalue weighted by Crippen LogP contribution is 2.42. The minimum atomic E-state index is -1.18. The van der Waals surface area contributed by atoms with Gasteiger partial charge in [-0.3, -0.25) is 9.69 Å². The average molecular weight is 465 g/mol. The molecule has 1 fully saturated rings. The van der Waals surface area contributed by atoms with Gasteiger partial charge in [-0.15, -0.1) is 11.8 Å². The van der Waals surface area contributed by atoms with Crippen LogP contribution in [-0.2, 0) is 20.9 Å². The minimum Gasteiger partial charge on any atom is -0.489 e. The van der Waals surface area contributed by atoms with Crippen LogP contribution >= 0.6 is 11.8 Å². The largest absolute Gasteiger partial charge is 0.489 e. The number of carbonyl (C=O) groups is 2. The summed E-state index contributed by atoms with van der Waals surface area (Å²) in [6, 6.07) is 17.5. The highest BCUT2D eigenvalue weighted by atomic mass is 32.2. The van der Waals surface area contributed by atoms with Crippen molar-refractivity contribution in [2.24, 2.45) is 0 Å². The second-order valence-electron chi connectivity index (χ2n) is 7.63. The Bertz CT molecular complexity index is 1320. The van der Waals surface area contributed by atoms with E-state index < -0.39 is 17.7 Å². The molecule has 1 aromatic heterocycles. The molecule has 0 bridgehead atoms. The zero-order valence-electron chi connectivity index (χ0n) is 17.3. The summed E-state index contributed by atoms with van der Waals surface area (Å²) in [6.45, 7) is 0.269. The van der Waals surface area contributed by atoms with Gasteiger partial charge in [0.1, 0.15) is 29.0 Å². The molecule has 2 aromatic carbocycles. The first-order chi connectivity index (χ1) is 16.0. The van der Waals surface area contributed by atoms with Crippen molar-refractivity contribution in [3.63, 3.8) is 0 Å². The molecule has 0 saturated carbocycles. The first-order valence-electron chi connectivity index (χ1n) is 10.2. The molecule has 0 aliphatic carbocycles. The van der Waals surface area contributed by atoms with E-state index in [4.69, 9.17) is 13.9 Å². The van der Waals surface area contributed by atoms with Gasteiger partial charge in [-0.2, -0.15) is 0 Å². The van der Waals surface area contributed by atoms with E-state index in [2.05, 4.69) is 0 Å². The third-order valence-electron chi connectivity index (χ3n) is 5.48. The van der Waals surface area contributed by atoms with Crippen LogP contribution in [-0.4, -0.2) is 45.7 Å². The smallest absolute Gasteiger partial charge is 0.352 e. The van der Waals surface area contributed by atoms with Gasteiger partial charge in [0.15, 0.2) is 6.10 Å². The lowest BCUT2D eigenvalue weighted by molar-refractivity contribution is -0.166. The molecule has 3 heterocycles. The lowest BCUT2D eigenvalue weighted by Crippen LogP contribution is -2.65. The van der Waals surface area contributed by atoms with Crippen molar-refractivity contribution in [3.8, 4) is 5.75 Å².